The van der Waals surface area contributed by atoms with Gasteiger partial charge in [0.15, 0.2) is 0 Å². The van der Waals surface area contributed by atoms with Crippen molar-refractivity contribution >= 4 is 62.3 Å². The van der Waals surface area contributed by atoms with Crippen molar-refractivity contribution in [2.75, 3.05) is 0 Å². The van der Waals surface area contributed by atoms with Gasteiger partial charge in [-0.15, -0.1) is 13.2 Å². The summed E-state index contributed by atoms with van der Waals surface area (Å²) in [5.41, 5.74) is 10.8. The molecule has 0 saturated carbocycles. The minimum atomic E-state index is -4.62. The zero-order valence-corrected chi connectivity index (χ0v) is 68.0. The Kier molecular flexibility index (Phi) is 41.4. The van der Waals surface area contributed by atoms with E-state index in [0.717, 1.165) is 72.7 Å². The summed E-state index contributed by atoms with van der Waals surface area (Å²) < 4.78 is 167. The standard InChI is InChI=1S/C11H12F4.C11H13F3O.2C11H13F3.C10H13Br.C10H12Cl2.C10H13Cl.C9H12ClN.CH4/c1-6(2)8-4-9(11(13,14)15)7(3)10(12)5-8;1-7(2)9-5-4-8(3)10(6-9)15-11(12,13)14;2*1-7(2)9-5-4-8(3)10(6-9)11(12,13)14;1-7(2)9-5-4-8(3)10(11)6-9;1-6(2)8-4-9(11)7(3)10(12)5-8;1-7(2)9-5-4-8(3)10(11)6-9;1-6(2)8-4-9(10)7(3)11-5-8;/h4-6H,1-3H3;4-7H,1-3H3;2*4-7H,1-3H3;4-7H,1-3H3;4-6H,1-3H3;4-7H,1-3H3;4-6H,1-3H3;1H4. The van der Waals surface area contributed by atoms with Gasteiger partial charge in [0.2, 0.25) is 0 Å². The van der Waals surface area contributed by atoms with Crippen LogP contribution in [-0.4, -0.2) is 11.3 Å². The summed E-state index contributed by atoms with van der Waals surface area (Å²) in [6.07, 6.45) is -15.7. The van der Waals surface area contributed by atoms with E-state index in [2.05, 4.69) is 118 Å². The molecule has 8 aromatic rings. The van der Waals surface area contributed by atoms with Crippen LogP contribution in [0.2, 0.25) is 20.1 Å². The monoisotopic (exact) mass is 1610 g/mol. The largest absolute Gasteiger partial charge is 0.573 e. The van der Waals surface area contributed by atoms with Crippen LogP contribution in [0.4, 0.5) is 57.1 Å². The molecule has 0 N–H and O–H groups in total. The number of aryl methyl sites for hydroxylation is 6. The molecule has 0 amide bonds. The van der Waals surface area contributed by atoms with E-state index in [1.165, 1.54) is 76.5 Å². The minimum absolute atomic E-state index is 0. The van der Waals surface area contributed by atoms with E-state index in [1.807, 2.05) is 98.8 Å². The van der Waals surface area contributed by atoms with Crippen molar-refractivity contribution in [1.29, 1.82) is 0 Å². The number of rotatable bonds is 9. The van der Waals surface area contributed by atoms with Gasteiger partial charge in [-0.1, -0.05) is 241 Å². The fraction of sp³-hybridized carbons (Fsp3) is 0.440. The number of nitrogens with zero attached hydrogens (tertiary/aromatic N) is 1. The van der Waals surface area contributed by atoms with E-state index < -0.39 is 47.4 Å². The van der Waals surface area contributed by atoms with Gasteiger partial charge in [-0.25, -0.2) is 4.39 Å². The van der Waals surface area contributed by atoms with Crippen LogP contribution in [0.5, 0.6) is 5.75 Å². The van der Waals surface area contributed by atoms with Crippen molar-refractivity contribution in [2.45, 2.75) is 246 Å². The molecule has 0 spiro atoms. The topological polar surface area (TPSA) is 22.1 Å². The summed E-state index contributed by atoms with van der Waals surface area (Å²) in [6, 6.07) is 34.8. The van der Waals surface area contributed by atoms with Gasteiger partial charge in [0, 0.05) is 25.7 Å². The summed E-state index contributed by atoms with van der Waals surface area (Å²) >= 11 is 27.3. The van der Waals surface area contributed by atoms with Gasteiger partial charge in [-0.05, 0) is 247 Å². The van der Waals surface area contributed by atoms with E-state index in [4.69, 9.17) is 46.4 Å². The molecule has 0 fully saturated rings. The van der Waals surface area contributed by atoms with Gasteiger partial charge in [-0.2, -0.15) is 39.5 Å². The molecule has 7 aromatic carbocycles. The number of benzene rings is 7. The Hall–Kier alpha value is -5.78. The second-order valence-corrected chi connectivity index (χ2v) is 30.1. The second-order valence-electron chi connectivity index (χ2n) is 27.6. The number of halogens is 18. The third-order valence-corrected chi connectivity index (χ3v) is 18.7. The van der Waals surface area contributed by atoms with Crippen molar-refractivity contribution in [2.24, 2.45) is 0 Å². The third-order valence-electron chi connectivity index (χ3n) is 16.3. The van der Waals surface area contributed by atoms with Crippen LogP contribution in [0.1, 0.15) is 271 Å². The highest BCUT2D eigenvalue weighted by Crippen LogP contribution is 2.38. The highest BCUT2D eigenvalue weighted by Gasteiger charge is 2.36. The van der Waals surface area contributed by atoms with Crippen molar-refractivity contribution in [1.82, 2.24) is 4.98 Å². The normalized spacial score (nSPS) is 11.4. The van der Waals surface area contributed by atoms with E-state index in [1.54, 1.807) is 39.0 Å². The first kappa shape index (κ1) is 98.2. The summed E-state index contributed by atoms with van der Waals surface area (Å²) in [6.45, 7) is 45.7. The molecular formula is C84H105BrCl4F13NO. The van der Waals surface area contributed by atoms with Gasteiger partial charge >= 0.3 is 24.9 Å². The van der Waals surface area contributed by atoms with Crippen LogP contribution < -0.4 is 4.74 Å². The number of ether oxygens (including phenoxy) is 1. The van der Waals surface area contributed by atoms with Crippen LogP contribution >= 0.6 is 62.3 Å². The van der Waals surface area contributed by atoms with Crippen LogP contribution in [0.3, 0.4) is 0 Å². The minimum Gasteiger partial charge on any atom is -0.406 e. The lowest BCUT2D eigenvalue weighted by Gasteiger charge is -2.14. The average molecular weight is 1610 g/mol. The molecule has 104 heavy (non-hydrogen) atoms. The maximum Gasteiger partial charge on any atom is 0.573 e. The van der Waals surface area contributed by atoms with Crippen molar-refractivity contribution in [3.63, 3.8) is 0 Å². The Bertz CT molecular complexity index is 3720. The molecule has 0 unspecified atom stereocenters. The first-order valence-corrected chi connectivity index (χ1v) is 36.0. The van der Waals surface area contributed by atoms with Gasteiger partial charge in [-0.3, -0.25) is 4.98 Å². The molecule has 578 valence electrons. The molecule has 0 aliphatic heterocycles. The molecular weight excluding hydrogens is 1510 g/mol. The Balaban J connectivity index is 0.00000117. The lowest BCUT2D eigenvalue weighted by Crippen LogP contribution is -2.17. The molecule has 0 aliphatic carbocycles. The smallest absolute Gasteiger partial charge is 0.406 e. The van der Waals surface area contributed by atoms with Crippen LogP contribution in [0.15, 0.2) is 132 Å². The molecule has 0 saturated heterocycles. The fourth-order valence-corrected chi connectivity index (χ4v) is 10.2. The second kappa shape index (κ2) is 43.9. The highest BCUT2D eigenvalue weighted by molar-refractivity contribution is 9.10. The number of aromatic nitrogens is 1. The average Bonchev–Trinajstić information content (AvgIpc) is 0.814. The van der Waals surface area contributed by atoms with Crippen LogP contribution in [0, 0.1) is 61.2 Å². The predicted octanol–water partition coefficient (Wildman–Crippen LogP) is 32.4. The molecule has 0 aliphatic rings. The zero-order valence-electron chi connectivity index (χ0n) is 63.4. The molecule has 1 heterocycles. The van der Waals surface area contributed by atoms with Gasteiger partial charge in [0.05, 0.1) is 27.4 Å². The van der Waals surface area contributed by atoms with Crippen molar-refractivity contribution < 1.29 is 61.8 Å². The summed E-state index contributed by atoms with van der Waals surface area (Å²) in [5, 5.41) is 3.14. The zero-order chi connectivity index (χ0) is 79.9. The highest BCUT2D eigenvalue weighted by atomic mass is 79.9. The van der Waals surface area contributed by atoms with E-state index >= 15 is 0 Å². The SMILES string of the molecule is C.Cc1c(Cl)cc(C(C)C)cc1Cl.Cc1c(F)cc(C(C)C)cc1C(F)(F)F.Cc1ccc(C(C)C)cc1Br.Cc1ccc(C(C)C)cc1C(F)(F)F.Cc1ccc(C(C)C)cc1C(F)(F)F.Cc1ccc(C(C)C)cc1Cl.Cc1ccc(C(C)C)cc1OC(F)(F)F.Cc1ncc(C(C)C)cc1Cl. The number of hydrogen-bond acceptors (Lipinski definition) is 2. The predicted molar refractivity (Wildman–Crippen MR) is 416 cm³/mol. The first-order chi connectivity index (χ1) is 47.0. The van der Waals surface area contributed by atoms with Crippen molar-refractivity contribution in [3.05, 3.63) is 264 Å². The Labute approximate surface area is 640 Å². The third kappa shape index (κ3) is 34.4. The summed E-state index contributed by atoms with van der Waals surface area (Å²) in [7, 11) is 0. The van der Waals surface area contributed by atoms with Gasteiger partial charge in [0.1, 0.15) is 11.6 Å². The number of pyridine rings is 1. The molecule has 20 heteroatoms. The van der Waals surface area contributed by atoms with Crippen LogP contribution in [-0.2, 0) is 18.5 Å². The number of hydrogen-bond donors (Lipinski definition) is 0. The fourth-order valence-electron chi connectivity index (χ4n) is 8.92. The first-order valence-electron chi connectivity index (χ1n) is 33.7. The lowest BCUT2D eigenvalue weighted by atomic mass is 9.97. The Morgan fingerprint density at radius 3 is 0.962 bits per heavy atom. The van der Waals surface area contributed by atoms with Gasteiger partial charge in [0.25, 0.3) is 0 Å². The molecule has 0 radical (unpaired) electrons. The van der Waals surface area contributed by atoms with Crippen molar-refractivity contribution in [3.8, 4) is 5.75 Å². The quantitative estimate of drug-likeness (QED) is 0.134. The lowest BCUT2D eigenvalue weighted by molar-refractivity contribution is -0.274. The molecule has 8 rings (SSSR count). The van der Waals surface area contributed by atoms with Crippen LogP contribution in [0.25, 0.3) is 0 Å². The molecule has 0 atom stereocenters. The molecule has 2 nitrogen and oxygen atoms in total. The Morgan fingerprint density at radius 1 is 0.327 bits per heavy atom. The van der Waals surface area contributed by atoms with E-state index in [0.29, 0.717) is 34.8 Å². The Morgan fingerprint density at radius 2 is 0.625 bits per heavy atom. The van der Waals surface area contributed by atoms with E-state index in [-0.39, 0.29) is 53.5 Å². The van der Waals surface area contributed by atoms with E-state index in [9.17, 15) is 57.1 Å². The molecule has 0 bridgehead atoms. The summed E-state index contributed by atoms with van der Waals surface area (Å²) in [4.78, 5) is 4.17. The van der Waals surface area contributed by atoms with Gasteiger partial charge < -0.3 is 4.74 Å². The molecule has 1 aromatic heterocycles. The number of alkyl halides is 12. The maximum absolute atomic E-state index is 13.2. The maximum atomic E-state index is 13.2. The summed E-state index contributed by atoms with van der Waals surface area (Å²) in [5.74, 6) is 1.54.